The van der Waals surface area contributed by atoms with Gasteiger partial charge in [0, 0.05) is 40.1 Å². The first-order valence-electron chi connectivity index (χ1n) is 10.5. The second kappa shape index (κ2) is 10.0. The number of halogens is 1. The largest absolute Gasteiger partial charge is 0.489 e. The van der Waals surface area contributed by atoms with E-state index in [1.165, 1.54) is 5.56 Å². The number of carboxylic acid groups (broad SMARTS) is 1. The maximum absolute atomic E-state index is 12.0. The van der Waals surface area contributed by atoms with Gasteiger partial charge in [-0.2, -0.15) is 0 Å². The number of aromatic amines is 1. The molecule has 0 radical (unpaired) electrons. The first kappa shape index (κ1) is 22.1. The third-order valence-electron chi connectivity index (χ3n) is 5.47. The summed E-state index contributed by atoms with van der Waals surface area (Å²) in [4.78, 5) is 15.2. The van der Waals surface area contributed by atoms with Gasteiger partial charge in [0.1, 0.15) is 18.4 Å². The summed E-state index contributed by atoms with van der Waals surface area (Å²) in [6.07, 6.45) is 2.27. The van der Waals surface area contributed by atoms with Crippen LogP contribution in [0, 0.1) is 6.92 Å². The smallest absolute Gasteiger partial charge is 0.321 e. The van der Waals surface area contributed by atoms with E-state index in [1.807, 2.05) is 60.8 Å². The van der Waals surface area contributed by atoms with E-state index in [0.29, 0.717) is 19.6 Å². The fourth-order valence-corrected chi connectivity index (χ4v) is 4.08. The zero-order valence-corrected chi connectivity index (χ0v) is 19.4. The molecule has 4 rings (SSSR count). The van der Waals surface area contributed by atoms with Gasteiger partial charge in [-0.25, -0.2) is 0 Å². The number of aliphatic carboxylic acids is 1. The lowest BCUT2D eigenvalue weighted by Gasteiger charge is -2.17. The molecule has 0 saturated heterocycles. The Hall–Kier alpha value is -3.09. The molecule has 32 heavy (non-hydrogen) atoms. The van der Waals surface area contributed by atoms with Gasteiger partial charge < -0.3 is 14.8 Å². The number of hydrogen-bond donors (Lipinski definition) is 3. The molecule has 6 heteroatoms. The van der Waals surface area contributed by atoms with Crippen molar-refractivity contribution >= 4 is 32.8 Å². The molecule has 0 aliphatic heterocycles. The Bertz CT molecular complexity index is 1220. The van der Waals surface area contributed by atoms with Crippen LogP contribution < -0.4 is 10.1 Å². The average molecular weight is 493 g/mol. The molecule has 0 unspecified atom stereocenters. The van der Waals surface area contributed by atoms with Crippen LogP contribution in [0.4, 0.5) is 0 Å². The van der Waals surface area contributed by atoms with Crippen molar-refractivity contribution in [2.24, 2.45) is 0 Å². The zero-order valence-electron chi connectivity index (χ0n) is 17.8. The van der Waals surface area contributed by atoms with Crippen LogP contribution in [0.2, 0.25) is 0 Å². The Morgan fingerprint density at radius 2 is 1.88 bits per heavy atom. The topological polar surface area (TPSA) is 74.3 Å². The molecule has 0 saturated carbocycles. The normalized spacial score (nSPS) is 12.1. The van der Waals surface area contributed by atoms with Crippen LogP contribution in [0.15, 0.2) is 77.4 Å². The summed E-state index contributed by atoms with van der Waals surface area (Å²) in [5.74, 6) is -0.148. The van der Waals surface area contributed by atoms with Crippen molar-refractivity contribution in [3.05, 3.63) is 99.7 Å². The molecule has 3 N–H and O–H groups in total. The highest BCUT2D eigenvalue weighted by atomic mass is 79.9. The number of nitrogens with one attached hydrogen (secondary N) is 2. The molecular weight excluding hydrogens is 468 g/mol. The van der Waals surface area contributed by atoms with Gasteiger partial charge in [-0.15, -0.1) is 0 Å². The lowest BCUT2D eigenvalue weighted by Crippen LogP contribution is -2.38. The molecule has 1 atom stereocenters. The van der Waals surface area contributed by atoms with E-state index in [2.05, 4.69) is 45.3 Å². The van der Waals surface area contributed by atoms with Gasteiger partial charge in [-0.05, 0) is 42.3 Å². The first-order valence-corrected chi connectivity index (χ1v) is 11.3. The highest BCUT2D eigenvalue weighted by Crippen LogP contribution is 2.25. The second-order valence-corrected chi connectivity index (χ2v) is 8.78. The highest BCUT2D eigenvalue weighted by molar-refractivity contribution is 9.10. The lowest BCUT2D eigenvalue weighted by atomic mass is 10.0. The van der Waals surface area contributed by atoms with Gasteiger partial charge in [0.15, 0.2) is 0 Å². The molecule has 164 valence electrons. The average Bonchev–Trinajstić information content (AvgIpc) is 3.19. The number of ether oxygens (including phenoxy) is 1. The summed E-state index contributed by atoms with van der Waals surface area (Å²) >= 11 is 3.51. The Morgan fingerprint density at radius 3 is 2.66 bits per heavy atom. The van der Waals surface area contributed by atoms with Crippen LogP contribution in [-0.2, 0) is 24.4 Å². The molecule has 0 aliphatic carbocycles. The van der Waals surface area contributed by atoms with E-state index >= 15 is 0 Å². The van der Waals surface area contributed by atoms with E-state index in [0.717, 1.165) is 37.8 Å². The Labute approximate surface area is 195 Å². The molecule has 0 spiro atoms. The standard InChI is InChI=1S/C26H25BrN2O3/c1-17-6-8-18(9-7-17)16-32-25-11-10-21(27)12-20(25)15-29-24(26(30)31)13-19-14-28-23-5-3-2-4-22(19)23/h2-12,14,24,28-29H,13,15-16H2,1H3,(H,30,31)/t24-/m1/s1. The van der Waals surface area contributed by atoms with E-state index in [-0.39, 0.29) is 0 Å². The first-order chi connectivity index (χ1) is 15.5. The number of carbonyl (C=O) groups is 1. The Morgan fingerprint density at radius 1 is 1.09 bits per heavy atom. The van der Waals surface area contributed by atoms with E-state index in [9.17, 15) is 9.90 Å². The number of aromatic nitrogens is 1. The van der Waals surface area contributed by atoms with E-state index < -0.39 is 12.0 Å². The van der Waals surface area contributed by atoms with Crippen LogP contribution in [-0.4, -0.2) is 22.1 Å². The van der Waals surface area contributed by atoms with Gasteiger partial charge in [0.05, 0.1) is 0 Å². The summed E-state index contributed by atoms with van der Waals surface area (Å²) in [5, 5.41) is 14.1. The molecule has 5 nitrogen and oxygen atoms in total. The SMILES string of the molecule is Cc1ccc(COc2ccc(Br)cc2CN[C@H](Cc2c[nH]c3ccccc23)C(=O)O)cc1. The molecule has 4 aromatic rings. The number of hydrogen-bond acceptors (Lipinski definition) is 3. The van der Waals surface area contributed by atoms with Gasteiger partial charge in [0.2, 0.25) is 0 Å². The zero-order chi connectivity index (χ0) is 22.5. The number of carboxylic acids is 1. The number of benzene rings is 3. The summed E-state index contributed by atoms with van der Waals surface area (Å²) in [6.45, 7) is 2.88. The van der Waals surface area contributed by atoms with Gasteiger partial charge >= 0.3 is 5.97 Å². The van der Waals surface area contributed by atoms with Crippen molar-refractivity contribution in [3.63, 3.8) is 0 Å². The third-order valence-corrected chi connectivity index (χ3v) is 5.97. The van der Waals surface area contributed by atoms with E-state index in [4.69, 9.17) is 4.74 Å². The number of fused-ring (bicyclic) bond motifs is 1. The predicted octanol–water partition coefficient (Wildman–Crippen LogP) is 5.60. The van der Waals surface area contributed by atoms with Crippen molar-refractivity contribution in [1.82, 2.24) is 10.3 Å². The number of para-hydroxylation sites is 1. The minimum absolute atomic E-state index is 0.377. The summed E-state index contributed by atoms with van der Waals surface area (Å²) in [7, 11) is 0. The fourth-order valence-electron chi connectivity index (χ4n) is 3.67. The van der Waals surface area contributed by atoms with Gasteiger partial charge in [-0.1, -0.05) is 64.0 Å². The van der Waals surface area contributed by atoms with Crippen LogP contribution >= 0.6 is 15.9 Å². The summed E-state index contributed by atoms with van der Waals surface area (Å²) < 4.78 is 6.98. The van der Waals surface area contributed by atoms with Gasteiger partial charge in [0.25, 0.3) is 0 Å². The van der Waals surface area contributed by atoms with Crippen molar-refractivity contribution in [1.29, 1.82) is 0 Å². The molecule has 0 fully saturated rings. The maximum Gasteiger partial charge on any atom is 0.321 e. The van der Waals surface area contributed by atoms with Gasteiger partial charge in [-0.3, -0.25) is 10.1 Å². The Kier molecular flexibility index (Phi) is 6.93. The second-order valence-electron chi connectivity index (χ2n) is 7.86. The molecule has 1 heterocycles. The van der Waals surface area contributed by atoms with Crippen molar-refractivity contribution < 1.29 is 14.6 Å². The number of H-pyrrole nitrogens is 1. The Balaban J connectivity index is 1.46. The lowest BCUT2D eigenvalue weighted by molar-refractivity contribution is -0.139. The van der Waals surface area contributed by atoms with Crippen molar-refractivity contribution in [2.45, 2.75) is 32.5 Å². The molecule has 3 aromatic carbocycles. The fraction of sp³-hybridized carbons (Fsp3) is 0.192. The van der Waals surface area contributed by atoms with Crippen LogP contribution in [0.25, 0.3) is 10.9 Å². The minimum Gasteiger partial charge on any atom is -0.489 e. The molecule has 0 bridgehead atoms. The highest BCUT2D eigenvalue weighted by Gasteiger charge is 2.20. The molecule has 1 aromatic heterocycles. The quantitative estimate of drug-likeness (QED) is 0.284. The molecule has 0 aliphatic rings. The van der Waals surface area contributed by atoms with Crippen LogP contribution in [0.1, 0.15) is 22.3 Å². The summed E-state index contributed by atoms with van der Waals surface area (Å²) in [5.41, 5.74) is 5.17. The summed E-state index contributed by atoms with van der Waals surface area (Å²) in [6, 6.07) is 21.2. The van der Waals surface area contributed by atoms with Crippen LogP contribution in [0.3, 0.4) is 0 Å². The predicted molar refractivity (Wildman–Crippen MR) is 130 cm³/mol. The third kappa shape index (κ3) is 5.39. The van der Waals surface area contributed by atoms with Crippen molar-refractivity contribution in [2.75, 3.05) is 0 Å². The van der Waals surface area contributed by atoms with Crippen molar-refractivity contribution in [3.8, 4) is 5.75 Å². The monoisotopic (exact) mass is 492 g/mol. The maximum atomic E-state index is 12.0. The van der Waals surface area contributed by atoms with Crippen LogP contribution in [0.5, 0.6) is 5.75 Å². The minimum atomic E-state index is -0.882. The van der Waals surface area contributed by atoms with E-state index in [1.54, 1.807) is 0 Å². The molecular formula is C26H25BrN2O3. The number of rotatable bonds is 9. The molecule has 0 amide bonds. The number of aryl methyl sites for hydroxylation is 1.